The van der Waals surface area contributed by atoms with Gasteiger partial charge in [-0.25, -0.2) is 9.37 Å². The van der Waals surface area contributed by atoms with E-state index in [1.165, 1.54) is 6.07 Å². The molecule has 0 saturated carbocycles. The van der Waals surface area contributed by atoms with Crippen molar-refractivity contribution in [3.8, 4) is 5.75 Å². The number of methoxy groups -OCH3 is 1. The summed E-state index contributed by atoms with van der Waals surface area (Å²) in [6, 6.07) is 14.1. The molecular formula is C30H37FN4O3. The number of hydrogen-bond acceptors (Lipinski definition) is 4. The van der Waals surface area contributed by atoms with E-state index in [4.69, 9.17) is 10.5 Å². The molecule has 1 fully saturated rings. The number of benzene rings is 2. The number of imidazole rings is 1. The summed E-state index contributed by atoms with van der Waals surface area (Å²) in [6.07, 6.45) is 8.55. The topological polar surface area (TPSA) is 90.4 Å². The number of halogens is 1. The maximum Gasteiger partial charge on any atom is 0.246 e. The summed E-state index contributed by atoms with van der Waals surface area (Å²) in [5, 5.41) is 0. The number of nitrogens with zero attached hydrogens (tertiary/aromatic N) is 3. The van der Waals surface area contributed by atoms with E-state index in [0.717, 1.165) is 37.0 Å². The second kappa shape index (κ2) is 12.2. The second-order valence-corrected chi connectivity index (χ2v) is 10.3. The van der Waals surface area contributed by atoms with Crippen LogP contribution in [0.5, 0.6) is 5.75 Å². The van der Waals surface area contributed by atoms with Crippen molar-refractivity contribution in [1.82, 2.24) is 14.5 Å². The number of aryl methyl sites for hydroxylation is 1. The molecule has 0 radical (unpaired) electrons. The average molecular weight is 521 g/mol. The van der Waals surface area contributed by atoms with Crippen LogP contribution in [0.1, 0.15) is 61.9 Å². The Morgan fingerprint density at radius 3 is 2.53 bits per heavy atom. The Bertz CT molecular complexity index is 1230. The van der Waals surface area contributed by atoms with Gasteiger partial charge in [0.25, 0.3) is 0 Å². The van der Waals surface area contributed by atoms with Crippen molar-refractivity contribution >= 4 is 11.8 Å². The van der Waals surface area contributed by atoms with Crippen LogP contribution in [-0.2, 0) is 27.8 Å². The number of aromatic nitrogens is 2. The van der Waals surface area contributed by atoms with E-state index in [9.17, 15) is 14.0 Å². The fourth-order valence-corrected chi connectivity index (χ4v) is 5.35. The summed E-state index contributed by atoms with van der Waals surface area (Å²) >= 11 is 0. The number of nitrogens with two attached hydrogens (primary N) is 1. The third-order valence-corrected chi connectivity index (χ3v) is 7.52. The Hall–Kier alpha value is -3.68. The molecule has 0 bridgehead atoms. The third kappa shape index (κ3) is 6.23. The highest BCUT2D eigenvalue weighted by atomic mass is 19.1. The van der Waals surface area contributed by atoms with Crippen molar-refractivity contribution < 1.29 is 18.7 Å². The van der Waals surface area contributed by atoms with Crippen molar-refractivity contribution in [2.24, 2.45) is 5.73 Å². The van der Waals surface area contributed by atoms with Crippen molar-refractivity contribution in [2.45, 2.75) is 63.3 Å². The lowest BCUT2D eigenvalue weighted by Crippen LogP contribution is -2.62. The van der Waals surface area contributed by atoms with E-state index in [0.29, 0.717) is 37.2 Å². The van der Waals surface area contributed by atoms with E-state index < -0.39 is 11.9 Å². The van der Waals surface area contributed by atoms with Gasteiger partial charge in [0.05, 0.1) is 19.1 Å². The van der Waals surface area contributed by atoms with Crippen molar-refractivity contribution in [2.75, 3.05) is 20.2 Å². The number of carbonyl (C=O) groups is 2. The monoisotopic (exact) mass is 520 g/mol. The van der Waals surface area contributed by atoms with Gasteiger partial charge in [0, 0.05) is 37.5 Å². The van der Waals surface area contributed by atoms with Crippen molar-refractivity contribution in [3.05, 3.63) is 83.7 Å². The Morgan fingerprint density at radius 2 is 1.87 bits per heavy atom. The number of carbonyl (C=O) groups excluding carboxylic acids is 2. The maximum absolute atomic E-state index is 14.9. The van der Waals surface area contributed by atoms with Gasteiger partial charge in [0.1, 0.15) is 17.6 Å². The van der Waals surface area contributed by atoms with Crippen LogP contribution in [-0.4, -0.2) is 46.5 Å². The molecule has 7 nitrogen and oxygen atoms in total. The first-order chi connectivity index (χ1) is 18.3. The van der Waals surface area contributed by atoms with Gasteiger partial charge in [0.15, 0.2) is 0 Å². The van der Waals surface area contributed by atoms with Gasteiger partial charge in [-0.3, -0.25) is 9.59 Å². The summed E-state index contributed by atoms with van der Waals surface area (Å²) in [7, 11) is 1.62. The average Bonchev–Trinajstić information content (AvgIpc) is 3.37. The molecule has 4 rings (SSSR count). The van der Waals surface area contributed by atoms with Crippen LogP contribution in [0.3, 0.4) is 0 Å². The third-order valence-electron chi connectivity index (χ3n) is 7.52. The molecule has 202 valence electrons. The van der Waals surface area contributed by atoms with Gasteiger partial charge in [-0.15, -0.1) is 0 Å². The van der Waals surface area contributed by atoms with Crippen LogP contribution >= 0.6 is 0 Å². The van der Waals surface area contributed by atoms with Gasteiger partial charge >= 0.3 is 0 Å². The van der Waals surface area contributed by atoms with E-state index >= 15 is 0 Å². The first-order valence-corrected chi connectivity index (χ1v) is 13.3. The lowest BCUT2D eigenvalue weighted by atomic mass is 9.69. The van der Waals surface area contributed by atoms with Crippen LogP contribution in [0.15, 0.2) is 61.1 Å². The van der Waals surface area contributed by atoms with Crippen LogP contribution in [0.4, 0.5) is 4.39 Å². The zero-order valence-electron chi connectivity index (χ0n) is 22.2. The standard InChI is InChI=1S/C30H37FN4O3/c1-3-4-7-16-30(25-8-5-6-9-26(25)31)19-35(20-30)29(37)27(17-22-10-13-24(38-2)14-11-22)34-18-23(33-21-34)12-15-28(32)36/h5-6,8-11,13-14,18,21,27H,3-4,7,12,15-17,19-20H2,1-2H3,(H2,32,36)/t27-/m1/s1. The minimum absolute atomic E-state index is 0.0258. The molecule has 1 saturated heterocycles. The normalized spacial score (nSPS) is 15.1. The lowest BCUT2D eigenvalue weighted by Gasteiger charge is -2.52. The number of hydrogen-bond donors (Lipinski definition) is 1. The highest BCUT2D eigenvalue weighted by Crippen LogP contribution is 2.41. The first-order valence-electron chi connectivity index (χ1n) is 13.3. The molecule has 2 amide bonds. The van der Waals surface area contributed by atoms with E-state index in [1.807, 2.05) is 52.1 Å². The SMILES string of the molecule is CCCCCC1(c2ccccc2F)CN(C(=O)[C@@H](Cc2ccc(OC)cc2)n2cnc(CCC(N)=O)c2)C1. The Morgan fingerprint density at radius 1 is 1.13 bits per heavy atom. The molecule has 1 aliphatic heterocycles. The van der Waals surface area contributed by atoms with Gasteiger partial charge in [0.2, 0.25) is 11.8 Å². The Kier molecular flexibility index (Phi) is 8.81. The number of unbranched alkanes of at least 4 members (excludes halogenated alkanes) is 2. The van der Waals surface area contributed by atoms with Gasteiger partial charge in [-0.05, 0) is 42.2 Å². The predicted octanol–water partition coefficient (Wildman–Crippen LogP) is 4.59. The van der Waals surface area contributed by atoms with Crippen LogP contribution in [0.25, 0.3) is 0 Å². The second-order valence-electron chi connectivity index (χ2n) is 10.3. The van der Waals surface area contributed by atoms with E-state index in [2.05, 4.69) is 11.9 Å². The molecule has 8 heteroatoms. The summed E-state index contributed by atoms with van der Waals surface area (Å²) in [5.41, 5.74) is 7.32. The van der Waals surface area contributed by atoms with E-state index in [-0.39, 0.29) is 23.6 Å². The summed E-state index contributed by atoms with van der Waals surface area (Å²) in [4.78, 5) is 31.4. The number of likely N-dealkylation sites (tertiary alicyclic amines) is 1. The summed E-state index contributed by atoms with van der Waals surface area (Å²) < 4.78 is 22.0. The quantitative estimate of drug-likeness (QED) is 0.334. The molecular weight excluding hydrogens is 483 g/mol. The fourth-order valence-electron chi connectivity index (χ4n) is 5.35. The van der Waals surface area contributed by atoms with Crippen molar-refractivity contribution in [1.29, 1.82) is 0 Å². The molecule has 2 heterocycles. The number of ether oxygens (including phenoxy) is 1. The minimum Gasteiger partial charge on any atom is -0.497 e. The predicted molar refractivity (Wildman–Crippen MR) is 144 cm³/mol. The molecule has 2 N–H and O–H groups in total. The fraction of sp³-hybridized carbons (Fsp3) is 0.433. The summed E-state index contributed by atoms with van der Waals surface area (Å²) in [6.45, 7) is 3.12. The number of amides is 2. The lowest BCUT2D eigenvalue weighted by molar-refractivity contribution is -0.143. The molecule has 1 aliphatic rings. The highest BCUT2D eigenvalue weighted by Gasteiger charge is 2.48. The highest BCUT2D eigenvalue weighted by molar-refractivity contribution is 5.82. The van der Waals surface area contributed by atoms with Crippen LogP contribution < -0.4 is 10.5 Å². The minimum atomic E-state index is -0.521. The van der Waals surface area contributed by atoms with Crippen LogP contribution in [0, 0.1) is 5.82 Å². The molecule has 1 atom stereocenters. The summed E-state index contributed by atoms with van der Waals surface area (Å²) in [5.74, 6) is 0.123. The van der Waals surface area contributed by atoms with Crippen molar-refractivity contribution in [3.63, 3.8) is 0 Å². The molecule has 0 aliphatic carbocycles. The molecule has 3 aromatic rings. The molecule has 2 aromatic carbocycles. The van der Waals surface area contributed by atoms with Gasteiger partial charge < -0.3 is 19.9 Å². The molecule has 0 unspecified atom stereocenters. The van der Waals surface area contributed by atoms with Gasteiger partial charge in [-0.2, -0.15) is 0 Å². The smallest absolute Gasteiger partial charge is 0.246 e. The molecule has 1 aromatic heterocycles. The van der Waals surface area contributed by atoms with Gasteiger partial charge in [-0.1, -0.05) is 56.5 Å². The molecule has 38 heavy (non-hydrogen) atoms. The zero-order valence-corrected chi connectivity index (χ0v) is 22.2. The number of primary amides is 1. The van der Waals surface area contributed by atoms with Crippen LogP contribution in [0.2, 0.25) is 0 Å². The molecule has 0 spiro atoms. The Balaban J connectivity index is 1.57. The van der Waals surface area contributed by atoms with E-state index in [1.54, 1.807) is 19.5 Å². The maximum atomic E-state index is 14.9. The number of rotatable bonds is 13. The Labute approximate surface area is 223 Å². The first kappa shape index (κ1) is 27.4. The zero-order chi connectivity index (χ0) is 27.1. The largest absolute Gasteiger partial charge is 0.497 e.